The summed E-state index contributed by atoms with van der Waals surface area (Å²) in [5, 5.41) is 11.9. The number of hydrogen-bond acceptors (Lipinski definition) is 3. The molecule has 0 aliphatic rings. The van der Waals surface area contributed by atoms with Crippen molar-refractivity contribution in [2.75, 3.05) is 19.8 Å². The number of aliphatic hydroxyl groups is 1. The summed E-state index contributed by atoms with van der Waals surface area (Å²) in [7, 11) is 0. The first kappa shape index (κ1) is 12.9. The van der Waals surface area contributed by atoms with E-state index in [9.17, 15) is 0 Å². The Labute approximate surface area is 81.5 Å². The molecule has 0 amide bonds. The lowest BCUT2D eigenvalue weighted by Gasteiger charge is -2.25. The van der Waals surface area contributed by atoms with Crippen molar-refractivity contribution in [1.82, 2.24) is 5.32 Å². The smallest absolute Gasteiger partial charge is 0.0704 e. The standard InChI is InChI=1S/C10H23NO2/c1-9(2)11-6-5-10(3,4)13-8-7-12/h9,11-12H,5-8H2,1-4H3. The van der Waals surface area contributed by atoms with Crippen LogP contribution in [0.15, 0.2) is 0 Å². The van der Waals surface area contributed by atoms with Gasteiger partial charge < -0.3 is 15.2 Å². The highest BCUT2D eigenvalue weighted by atomic mass is 16.5. The zero-order valence-corrected chi connectivity index (χ0v) is 9.26. The molecule has 13 heavy (non-hydrogen) atoms. The topological polar surface area (TPSA) is 41.5 Å². The fourth-order valence-electron chi connectivity index (χ4n) is 1.06. The quantitative estimate of drug-likeness (QED) is 0.631. The highest BCUT2D eigenvalue weighted by Gasteiger charge is 2.17. The van der Waals surface area contributed by atoms with E-state index in [1.807, 2.05) is 13.8 Å². The molecule has 0 aromatic rings. The number of nitrogens with one attached hydrogen (secondary N) is 1. The molecule has 0 radical (unpaired) electrons. The van der Waals surface area contributed by atoms with Gasteiger partial charge in [-0.3, -0.25) is 0 Å². The van der Waals surface area contributed by atoms with Crippen molar-refractivity contribution in [3.63, 3.8) is 0 Å². The van der Waals surface area contributed by atoms with Crippen LogP contribution >= 0.6 is 0 Å². The first-order chi connectivity index (χ1) is 5.98. The molecule has 0 aliphatic heterocycles. The summed E-state index contributed by atoms with van der Waals surface area (Å²) in [5.41, 5.74) is -0.134. The van der Waals surface area contributed by atoms with Gasteiger partial charge in [0.25, 0.3) is 0 Å². The Balaban J connectivity index is 3.50. The third kappa shape index (κ3) is 8.22. The molecule has 80 valence electrons. The minimum Gasteiger partial charge on any atom is -0.394 e. The molecular formula is C10H23NO2. The van der Waals surface area contributed by atoms with Gasteiger partial charge in [-0.05, 0) is 26.8 Å². The minimum atomic E-state index is -0.134. The van der Waals surface area contributed by atoms with E-state index in [0.717, 1.165) is 13.0 Å². The summed E-state index contributed by atoms with van der Waals surface area (Å²) >= 11 is 0. The predicted octanol–water partition coefficient (Wildman–Crippen LogP) is 1.16. The van der Waals surface area contributed by atoms with E-state index in [1.54, 1.807) is 0 Å². The van der Waals surface area contributed by atoms with Crippen molar-refractivity contribution >= 4 is 0 Å². The van der Waals surface area contributed by atoms with E-state index in [2.05, 4.69) is 19.2 Å². The van der Waals surface area contributed by atoms with Crippen molar-refractivity contribution in [3.05, 3.63) is 0 Å². The molecule has 0 spiro atoms. The van der Waals surface area contributed by atoms with Crippen LogP contribution in [0, 0.1) is 0 Å². The normalized spacial score (nSPS) is 12.5. The van der Waals surface area contributed by atoms with Crippen LogP contribution in [-0.2, 0) is 4.74 Å². The largest absolute Gasteiger partial charge is 0.394 e. The number of hydrogen-bond donors (Lipinski definition) is 2. The van der Waals surface area contributed by atoms with Gasteiger partial charge in [-0.2, -0.15) is 0 Å². The summed E-state index contributed by atoms with van der Waals surface area (Å²) in [6.45, 7) is 9.82. The molecule has 0 heterocycles. The van der Waals surface area contributed by atoms with Crippen LogP contribution in [-0.4, -0.2) is 36.5 Å². The second kappa shape index (κ2) is 6.35. The van der Waals surface area contributed by atoms with E-state index in [-0.39, 0.29) is 12.2 Å². The monoisotopic (exact) mass is 189 g/mol. The molecule has 3 heteroatoms. The van der Waals surface area contributed by atoms with Gasteiger partial charge in [0.15, 0.2) is 0 Å². The van der Waals surface area contributed by atoms with Gasteiger partial charge in [-0.1, -0.05) is 13.8 Å². The van der Waals surface area contributed by atoms with E-state index in [1.165, 1.54) is 0 Å². The van der Waals surface area contributed by atoms with Crippen LogP contribution in [0.2, 0.25) is 0 Å². The van der Waals surface area contributed by atoms with Gasteiger partial charge in [0, 0.05) is 6.04 Å². The summed E-state index contributed by atoms with van der Waals surface area (Å²) < 4.78 is 5.47. The Bertz CT molecular complexity index is 124. The molecule has 0 saturated heterocycles. The SMILES string of the molecule is CC(C)NCCC(C)(C)OCCO. The van der Waals surface area contributed by atoms with E-state index >= 15 is 0 Å². The molecule has 0 saturated carbocycles. The molecular weight excluding hydrogens is 166 g/mol. The van der Waals surface area contributed by atoms with Crippen LogP contribution in [0.3, 0.4) is 0 Å². The predicted molar refractivity (Wildman–Crippen MR) is 54.9 cm³/mol. The second-order valence-electron chi connectivity index (χ2n) is 4.19. The Kier molecular flexibility index (Phi) is 6.29. The molecule has 0 fully saturated rings. The van der Waals surface area contributed by atoms with Crippen molar-refractivity contribution in [3.8, 4) is 0 Å². The molecule has 2 N–H and O–H groups in total. The summed E-state index contributed by atoms with van der Waals surface area (Å²) in [6, 6.07) is 0.522. The number of aliphatic hydroxyl groups excluding tert-OH is 1. The Morgan fingerprint density at radius 1 is 1.38 bits per heavy atom. The molecule has 0 aliphatic carbocycles. The van der Waals surface area contributed by atoms with E-state index in [4.69, 9.17) is 9.84 Å². The lowest BCUT2D eigenvalue weighted by Crippen LogP contribution is -2.33. The average molecular weight is 189 g/mol. The molecule has 0 aromatic heterocycles. The molecule has 3 nitrogen and oxygen atoms in total. The number of rotatable bonds is 7. The highest BCUT2D eigenvalue weighted by Crippen LogP contribution is 2.12. The van der Waals surface area contributed by atoms with E-state index < -0.39 is 0 Å². The lowest BCUT2D eigenvalue weighted by atomic mass is 10.1. The Morgan fingerprint density at radius 2 is 2.00 bits per heavy atom. The van der Waals surface area contributed by atoms with Gasteiger partial charge >= 0.3 is 0 Å². The molecule has 0 bridgehead atoms. The van der Waals surface area contributed by atoms with Crippen molar-refractivity contribution in [2.24, 2.45) is 0 Å². The van der Waals surface area contributed by atoms with Gasteiger partial charge in [0.2, 0.25) is 0 Å². The van der Waals surface area contributed by atoms with Crippen LogP contribution in [0.1, 0.15) is 34.1 Å². The fraction of sp³-hybridized carbons (Fsp3) is 1.00. The van der Waals surface area contributed by atoms with Crippen molar-refractivity contribution in [1.29, 1.82) is 0 Å². The van der Waals surface area contributed by atoms with Gasteiger partial charge in [0.1, 0.15) is 0 Å². The highest BCUT2D eigenvalue weighted by molar-refractivity contribution is 4.70. The maximum absolute atomic E-state index is 8.60. The molecule has 0 atom stereocenters. The molecule has 0 rings (SSSR count). The minimum absolute atomic E-state index is 0.0983. The van der Waals surface area contributed by atoms with Gasteiger partial charge in [-0.25, -0.2) is 0 Å². The summed E-state index contributed by atoms with van der Waals surface area (Å²) in [5.74, 6) is 0. The lowest BCUT2D eigenvalue weighted by molar-refractivity contribution is -0.0377. The number of ether oxygens (including phenoxy) is 1. The third-order valence-electron chi connectivity index (χ3n) is 1.86. The maximum Gasteiger partial charge on any atom is 0.0704 e. The van der Waals surface area contributed by atoms with Crippen molar-refractivity contribution < 1.29 is 9.84 Å². The average Bonchev–Trinajstić information content (AvgIpc) is 2.00. The second-order valence-corrected chi connectivity index (χ2v) is 4.19. The van der Waals surface area contributed by atoms with Crippen LogP contribution in [0.25, 0.3) is 0 Å². The first-order valence-electron chi connectivity index (χ1n) is 4.96. The van der Waals surface area contributed by atoms with Crippen LogP contribution in [0.5, 0.6) is 0 Å². The van der Waals surface area contributed by atoms with Crippen LogP contribution in [0.4, 0.5) is 0 Å². The van der Waals surface area contributed by atoms with E-state index in [0.29, 0.717) is 12.6 Å². The maximum atomic E-state index is 8.60. The Morgan fingerprint density at radius 3 is 2.46 bits per heavy atom. The summed E-state index contributed by atoms with van der Waals surface area (Å²) in [4.78, 5) is 0. The zero-order chi connectivity index (χ0) is 10.3. The first-order valence-corrected chi connectivity index (χ1v) is 4.96. The summed E-state index contributed by atoms with van der Waals surface area (Å²) in [6.07, 6.45) is 0.963. The van der Waals surface area contributed by atoms with Crippen molar-refractivity contribution in [2.45, 2.75) is 45.8 Å². The van der Waals surface area contributed by atoms with Gasteiger partial charge in [0.05, 0.1) is 18.8 Å². The molecule has 0 unspecified atom stereocenters. The van der Waals surface area contributed by atoms with Crippen LogP contribution < -0.4 is 5.32 Å². The zero-order valence-electron chi connectivity index (χ0n) is 9.26. The van der Waals surface area contributed by atoms with Gasteiger partial charge in [-0.15, -0.1) is 0 Å². The third-order valence-corrected chi connectivity index (χ3v) is 1.86. The molecule has 0 aromatic carbocycles. The Hall–Kier alpha value is -0.120. The fourth-order valence-corrected chi connectivity index (χ4v) is 1.06.